The molecule has 0 aromatic rings. The molecule has 0 aromatic carbocycles. The minimum absolute atomic E-state index is 0.203. The van der Waals surface area contributed by atoms with Crippen molar-refractivity contribution in [1.82, 2.24) is 0 Å². The number of aliphatic carboxylic acids is 1. The van der Waals surface area contributed by atoms with E-state index in [0.717, 1.165) is 75.5 Å². The van der Waals surface area contributed by atoms with Crippen LogP contribution in [0.25, 0.3) is 0 Å². The first kappa shape index (κ1) is 35.4. The second-order valence-electron chi connectivity index (χ2n) is 11.7. The van der Waals surface area contributed by atoms with Crippen LogP contribution >= 0.6 is 0 Å². The van der Waals surface area contributed by atoms with Gasteiger partial charge in [0, 0.05) is 6.42 Å². The molecule has 216 valence electrons. The van der Waals surface area contributed by atoms with E-state index in [0.29, 0.717) is 0 Å². The molecule has 0 aromatic heterocycles. The fourth-order valence-electron chi connectivity index (χ4n) is 5.92. The molecule has 3 nitrogen and oxygen atoms in total. The van der Waals surface area contributed by atoms with Crippen LogP contribution in [0.1, 0.15) is 182 Å². The molecule has 0 aliphatic rings. The predicted molar refractivity (Wildman–Crippen MR) is 160 cm³/mol. The Kier molecular flexibility index (Phi) is 25.6. The van der Waals surface area contributed by atoms with Gasteiger partial charge in [0.1, 0.15) is 0 Å². The number of unbranched alkanes of at least 4 members (excludes halogenated alkanes) is 19. The average Bonchev–Trinajstić information content (AvgIpc) is 2.88. The number of nitrogens with zero attached hydrogens (tertiary/aromatic N) is 1. The van der Waals surface area contributed by atoms with Crippen LogP contribution in [-0.2, 0) is 4.79 Å². The lowest BCUT2D eigenvalue weighted by Crippen LogP contribution is -2.60. The number of carboxylic acid groups (broad SMARTS) is 1. The van der Waals surface area contributed by atoms with Crippen LogP contribution in [0.2, 0.25) is 0 Å². The summed E-state index contributed by atoms with van der Waals surface area (Å²) in [6.07, 6.45) is 31.1. The summed E-state index contributed by atoms with van der Waals surface area (Å²) < 4.78 is 0.837. The van der Waals surface area contributed by atoms with E-state index in [1.807, 2.05) is 0 Å². The predicted octanol–water partition coefficient (Wildman–Crippen LogP) is 10.7. The molecule has 0 radical (unpaired) electrons. The summed E-state index contributed by atoms with van der Waals surface area (Å²) in [5.41, 5.74) is 0. The monoisotopic (exact) mass is 511 g/mol. The van der Waals surface area contributed by atoms with Crippen LogP contribution < -0.4 is 0 Å². The topological polar surface area (TPSA) is 37.3 Å². The van der Waals surface area contributed by atoms with E-state index < -0.39 is 5.97 Å². The summed E-state index contributed by atoms with van der Waals surface area (Å²) in [4.78, 5) is 12.4. The molecule has 0 bridgehead atoms. The second kappa shape index (κ2) is 26.1. The second-order valence-corrected chi connectivity index (χ2v) is 11.7. The maximum absolute atomic E-state index is 12.4. The molecule has 0 saturated carbocycles. The van der Waals surface area contributed by atoms with Gasteiger partial charge in [-0.1, -0.05) is 150 Å². The van der Waals surface area contributed by atoms with Crippen molar-refractivity contribution >= 4 is 5.97 Å². The van der Waals surface area contributed by atoms with Crippen molar-refractivity contribution in [3.8, 4) is 0 Å². The molecule has 1 N–H and O–H groups in total. The van der Waals surface area contributed by atoms with E-state index in [1.54, 1.807) is 0 Å². The first-order valence-electron chi connectivity index (χ1n) is 16.7. The van der Waals surface area contributed by atoms with Gasteiger partial charge in [-0.25, -0.2) is 4.79 Å². The largest absolute Gasteiger partial charge is 0.477 e. The number of carboxylic acids is 1. The van der Waals surface area contributed by atoms with Gasteiger partial charge in [-0.05, 0) is 25.7 Å². The Balaban J connectivity index is 4.08. The lowest BCUT2D eigenvalue weighted by molar-refractivity contribution is -0.944. The van der Waals surface area contributed by atoms with Gasteiger partial charge in [0.15, 0.2) is 6.04 Å². The Hall–Kier alpha value is -0.570. The highest BCUT2D eigenvalue weighted by Crippen LogP contribution is 2.25. The molecule has 36 heavy (non-hydrogen) atoms. The van der Waals surface area contributed by atoms with Gasteiger partial charge in [0.25, 0.3) is 0 Å². The summed E-state index contributed by atoms with van der Waals surface area (Å²) in [5, 5.41) is 10.2. The van der Waals surface area contributed by atoms with Crippen LogP contribution in [0.5, 0.6) is 0 Å². The Morgan fingerprint density at radius 1 is 0.472 bits per heavy atom. The normalized spacial score (nSPS) is 12.8. The minimum atomic E-state index is -0.546. The van der Waals surface area contributed by atoms with Crippen LogP contribution in [0.3, 0.4) is 0 Å². The van der Waals surface area contributed by atoms with Crippen molar-refractivity contribution in [2.24, 2.45) is 0 Å². The maximum atomic E-state index is 12.4. The van der Waals surface area contributed by atoms with E-state index in [4.69, 9.17) is 0 Å². The zero-order valence-electron chi connectivity index (χ0n) is 25.5. The quantitative estimate of drug-likeness (QED) is 0.0802. The number of quaternary nitrogens is 1. The Labute approximate surface area is 227 Å². The molecule has 0 amide bonds. The highest BCUT2D eigenvalue weighted by molar-refractivity contribution is 5.72. The maximum Gasteiger partial charge on any atom is 0.362 e. The number of rotatable bonds is 29. The van der Waals surface area contributed by atoms with Crippen molar-refractivity contribution in [1.29, 1.82) is 0 Å². The molecule has 3 heteroatoms. The Morgan fingerprint density at radius 3 is 1.03 bits per heavy atom. The van der Waals surface area contributed by atoms with E-state index in [2.05, 4.69) is 27.7 Å². The third kappa shape index (κ3) is 18.6. The fourth-order valence-corrected chi connectivity index (χ4v) is 5.92. The van der Waals surface area contributed by atoms with Crippen molar-refractivity contribution in [3.63, 3.8) is 0 Å². The fraction of sp³-hybridized carbons (Fsp3) is 0.970. The van der Waals surface area contributed by atoms with E-state index >= 15 is 0 Å². The summed E-state index contributed by atoms with van der Waals surface area (Å²) in [7, 11) is 0. The van der Waals surface area contributed by atoms with Gasteiger partial charge in [-0.3, -0.25) is 0 Å². The summed E-state index contributed by atoms with van der Waals surface area (Å²) in [6.45, 7) is 12.1. The zero-order chi connectivity index (χ0) is 26.7. The van der Waals surface area contributed by atoms with Crippen molar-refractivity contribution in [3.05, 3.63) is 0 Å². The third-order valence-corrected chi connectivity index (χ3v) is 8.40. The Bertz CT molecular complexity index is 443. The zero-order valence-corrected chi connectivity index (χ0v) is 25.5. The molecular weight excluding hydrogens is 442 g/mol. The number of carbonyl (C=O) groups is 1. The highest BCUT2D eigenvalue weighted by Gasteiger charge is 2.40. The molecule has 1 atom stereocenters. The average molecular weight is 511 g/mol. The molecule has 0 saturated heterocycles. The smallest absolute Gasteiger partial charge is 0.362 e. The number of hydrogen-bond acceptors (Lipinski definition) is 1. The highest BCUT2D eigenvalue weighted by atomic mass is 16.4. The van der Waals surface area contributed by atoms with Gasteiger partial charge in [0.2, 0.25) is 0 Å². The summed E-state index contributed by atoms with van der Waals surface area (Å²) >= 11 is 0. The first-order chi connectivity index (χ1) is 17.6. The van der Waals surface area contributed by atoms with Gasteiger partial charge < -0.3 is 9.59 Å². The molecule has 0 heterocycles. The van der Waals surface area contributed by atoms with Crippen molar-refractivity contribution < 1.29 is 14.4 Å². The van der Waals surface area contributed by atoms with Gasteiger partial charge in [-0.15, -0.1) is 0 Å². The van der Waals surface area contributed by atoms with E-state index in [-0.39, 0.29) is 6.04 Å². The first-order valence-corrected chi connectivity index (χ1v) is 16.7. The minimum Gasteiger partial charge on any atom is -0.477 e. The third-order valence-electron chi connectivity index (χ3n) is 8.40. The SMILES string of the molecule is CCCCCCCCCCCCCCCCCCCC(C(=O)O)[N+](CCCC)(CCCC)CCCC. The summed E-state index contributed by atoms with van der Waals surface area (Å²) in [5.74, 6) is -0.546. The van der Waals surface area contributed by atoms with Gasteiger partial charge >= 0.3 is 5.97 Å². The van der Waals surface area contributed by atoms with Crippen molar-refractivity contribution in [2.45, 2.75) is 188 Å². The molecule has 0 aliphatic heterocycles. The number of hydrogen-bond donors (Lipinski definition) is 1. The van der Waals surface area contributed by atoms with E-state index in [1.165, 1.54) is 103 Å². The van der Waals surface area contributed by atoms with Crippen LogP contribution in [0.15, 0.2) is 0 Å². The molecule has 1 unspecified atom stereocenters. The molecule has 0 fully saturated rings. The van der Waals surface area contributed by atoms with Crippen LogP contribution in [0.4, 0.5) is 0 Å². The molecule has 0 rings (SSSR count). The van der Waals surface area contributed by atoms with Gasteiger partial charge in [-0.2, -0.15) is 0 Å². The van der Waals surface area contributed by atoms with Crippen molar-refractivity contribution in [2.75, 3.05) is 19.6 Å². The molecule has 0 spiro atoms. The Morgan fingerprint density at radius 2 is 0.750 bits per heavy atom. The molecule has 0 aliphatic carbocycles. The van der Waals surface area contributed by atoms with Crippen LogP contribution in [-0.4, -0.2) is 41.2 Å². The standard InChI is InChI=1S/C33H67NO2/c1-5-9-13-14-15-16-17-18-19-20-21-22-23-24-25-26-27-28-32(33(35)36)34(29-10-6-2,30-11-7-3)31-12-8-4/h32H,5-31H2,1-4H3/p+1. The lowest BCUT2D eigenvalue weighted by Gasteiger charge is -2.43. The summed E-state index contributed by atoms with van der Waals surface area (Å²) in [6, 6.07) is -0.203. The van der Waals surface area contributed by atoms with E-state index in [9.17, 15) is 9.90 Å². The lowest BCUT2D eigenvalue weighted by atomic mass is 9.99. The van der Waals surface area contributed by atoms with Gasteiger partial charge in [0.05, 0.1) is 19.6 Å². The molecular formula is C33H68NO2+. The van der Waals surface area contributed by atoms with Crippen LogP contribution in [0, 0.1) is 0 Å².